The first-order valence-electron chi connectivity index (χ1n) is 17.6. The van der Waals surface area contributed by atoms with Crippen molar-refractivity contribution in [3.8, 4) is 22.6 Å². The van der Waals surface area contributed by atoms with Crippen LogP contribution in [-0.2, 0) is 32.0 Å². The van der Waals surface area contributed by atoms with E-state index in [1.165, 1.54) is 6.07 Å². The predicted molar refractivity (Wildman–Crippen MR) is 195 cm³/mol. The van der Waals surface area contributed by atoms with Crippen LogP contribution in [0.2, 0.25) is 0 Å². The van der Waals surface area contributed by atoms with Crippen molar-refractivity contribution in [2.45, 2.75) is 75.2 Å². The second-order valence-corrected chi connectivity index (χ2v) is 12.9. The van der Waals surface area contributed by atoms with E-state index in [2.05, 4.69) is 42.5 Å². The first-order chi connectivity index (χ1) is 24.5. The number of benzene rings is 2. The van der Waals surface area contributed by atoms with Crippen LogP contribution < -0.4 is 42.5 Å². The van der Waals surface area contributed by atoms with Crippen molar-refractivity contribution in [3.05, 3.63) is 47.5 Å². The number of likely N-dealkylation sites (N-methyl/N-ethyl adjacent to an activating group) is 2. The van der Waals surface area contributed by atoms with Gasteiger partial charge in [-0.3, -0.25) is 19.2 Å². The largest absolute Gasteiger partial charge is 0.508 e. The molecule has 2 aromatic carbocycles. The number of fused-ring (bicyclic) bond motifs is 5. The van der Waals surface area contributed by atoms with Crippen molar-refractivity contribution in [3.63, 3.8) is 0 Å². The molecule has 1 aliphatic heterocycles. The smallest absolute Gasteiger partial charge is 0.243 e. The van der Waals surface area contributed by atoms with Crippen molar-refractivity contribution >= 4 is 23.6 Å². The Hall–Kier alpha value is -4.28. The van der Waals surface area contributed by atoms with Gasteiger partial charge in [-0.05, 0) is 120 Å². The number of amides is 4. The molecule has 4 bridgehead atoms. The Morgan fingerprint density at radius 1 is 0.824 bits per heavy atom. The highest BCUT2D eigenvalue weighted by Crippen LogP contribution is 2.31. The molecular weight excluding hydrogens is 656 g/mol. The molecule has 2 aromatic rings. The van der Waals surface area contributed by atoms with E-state index in [9.17, 15) is 34.5 Å². The fraction of sp³-hybridized carbons (Fsp3) is 0.556. The van der Waals surface area contributed by atoms with Gasteiger partial charge in [0.1, 0.15) is 23.6 Å². The number of phenols is 2. The van der Waals surface area contributed by atoms with Crippen LogP contribution in [0.4, 0.5) is 0 Å². The fourth-order valence-electron chi connectivity index (χ4n) is 6.01. The van der Waals surface area contributed by atoms with Crippen LogP contribution in [0, 0.1) is 0 Å². The topological polar surface area (TPSA) is 225 Å². The molecule has 0 radical (unpaired) electrons. The van der Waals surface area contributed by atoms with Gasteiger partial charge in [-0.2, -0.15) is 0 Å². The minimum Gasteiger partial charge on any atom is -0.508 e. The number of nitrogens with one attached hydrogen (secondary N) is 8. The van der Waals surface area contributed by atoms with Gasteiger partial charge in [0.25, 0.3) is 0 Å². The molecule has 282 valence electrons. The average molecular weight is 713 g/mol. The average Bonchev–Trinajstić information content (AvgIpc) is 3.12. The van der Waals surface area contributed by atoms with Crippen LogP contribution in [0.25, 0.3) is 11.1 Å². The molecule has 0 aliphatic carbocycles. The molecule has 15 nitrogen and oxygen atoms in total. The van der Waals surface area contributed by atoms with E-state index < -0.39 is 41.9 Å². The van der Waals surface area contributed by atoms with Gasteiger partial charge >= 0.3 is 0 Å². The normalized spacial score (nSPS) is 19.1. The van der Waals surface area contributed by atoms with E-state index in [1.54, 1.807) is 58.5 Å². The molecule has 51 heavy (non-hydrogen) atoms. The summed E-state index contributed by atoms with van der Waals surface area (Å²) in [6, 6.07) is 6.29. The Morgan fingerprint density at radius 2 is 1.47 bits per heavy atom. The standard InChI is InChI=1S/C36H56N8O7/c1-37-14-5-8-28-35(50)44-30(33(48)41-15-6-7-27(39-3)34(49)42-26(21-45)13-16-38-2)20-25-18-23(10-12-32(25)47)22-9-11-31(46)24(17-22)19-29(40-4)36(51)43-28/h9-12,17-18,26-30,37-40,45-47H,5-8,13-16,19-21H2,1-4H3,(H,41,48)(H,42,49)(H,43,51)(H,44,50)/t26-,27-,28-,29-,30-/m0/s1. The maximum absolute atomic E-state index is 13.8. The lowest BCUT2D eigenvalue weighted by molar-refractivity contribution is -0.132. The molecule has 4 amide bonds. The van der Waals surface area contributed by atoms with Crippen LogP contribution in [0.3, 0.4) is 0 Å². The first-order valence-corrected chi connectivity index (χ1v) is 17.6. The molecule has 0 unspecified atom stereocenters. The minimum absolute atomic E-state index is 0.0238. The Morgan fingerprint density at radius 3 is 2.06 bits per heavy atom. The highest BCUT2D eigenvalue weighted by molar-refractivity contribution is 5.93. The lowest BCUT2D eigenvalue weighted by atomic mass is 9.95. The number of aliphatic hydroxyl groups is 1. The number of carbonyl (C=O) groups is 4. The molecule has 0 saturated carbocycles. The number of hydrogen-bond donors (Lipinski definition) is 11. The first kappa shape index (κ1) is 41.1. The van der Waals surface area contributed by atoms with Crippen LogP contribution in [0.15, 0.2) is 36.4 Å². The summed E-state index contributed by atoms with van der Waals surface area (Å²) in [6.07, 6.45) is 2.37. The van der Waals surface area contributed by atoms with Gasteiger partial charge in [0.15, 0.2) is 0 Å². The third-order valence-corrected chi connectivity index (χ3v) is 9.13. The number of aliphatic hydroxyl groups excluding tert-OH is 1. The molecule has 11 N–H and O–H groups in total. The van der Waals surface area contributed by atoms with E-state index in [0.29, 0.717) is 61.9 Å². The molecule has 1 aliphatic rings. The van der Waals surface area contributed by atoms with E-state index in [-0.39, 0.29) is 49.4 Å². The maximum atomic E-state index is 13.8. The number of hydrogen-bond acceptors (Lipinski definition) is 11. The van der Waals surface area contributed by atoms with Crippen molar-refractivity contribution in [1.82, 2.24) is 42.5 Å². The van der Waals surface area contributed by atoms with Gasteiger partial charge in [0.2, 0.25) is 23.6 Å². The van der Waals surface area contributed by atoms with Gasteiger partial charge in [-0.15, -0.1) is 0 Å². The summed E-state index contributed by atoms with van der Waals surface area (Å²) in [5.41, 5.74) is 2.40. The molecule has 0 spiro atoms. The zero-order valence-electron chi connectivity index (χ0n) is 30.1. The SMILES string of the molecule is CNCCC[C@@H]1NC(=O)[C@@H](NC)Cc2cc(ccc2O)-c2ccc(O)c(c2)C[C@@H](C(=O)NCCC[C@H](NC)C(=O)N[C@H](CO)CCNC)NC1=O. The van der Waals surface area contributed by atoms with Crippen LogP contribution in [-0.4, -0.2) is 124 Å². The molecule has 0 aromatic heterocycles. The van der Waals surface area contributed by atoms with Crippen molar-refractivity contribution < 1.29 is 34.5 Å². The van der Waals surface area contributed by atoms with E-state index in [4.69, 9.17) is 0 Å². The molecule has 15 heteroatoms. The maximum Gasteiger partial charge on any atom is 0.243 e. The molecule has 0 fully saturated rings. The molecule has 0 saturated heterocycles. The third kappa shape index (κ3) is 12.5. The molecular formula is C36H56N8O7. The van der Waals surface area contributed by atoms with Crippen molar-refractivity contribution in [2.75, 3.05) is 54.4 Å². The van der Waals surface area contributed by atoms with Crippen molar-refractivity contribution in [1.29, 1.82) is 0 Å². The van der Waals surface area contributed by atoms with Gasteiger partial charge in [0, 0.05) is 19.4 Å². The Bertz CT molecular complexity index is 1460. The van der Waals surface area contributed by atoms with Crippen LogP contribution in [0.5, 0.6) is 11.5 Å². The summed E-state index contributed by atoms with van der Waals surface area (Å²) >= 11 is 0. The number of rotatable bonds is 17. The summed E-state index contributed by atoms with van der Waals surface area (Å²) in [6.45, 7) is 1.26. The Kier molecular flexibility index (Phi) is 17.1. The predicted octanol–water partition coefficient (Wildman–Crippen LogP) is -1.01. The van der Waals surface area contributed by atoms with Crippen LogP contribution >= 0.6 is 0 Å². The summed E-state index contributed by atoms with van der Waals surface area (Å²) < 4.78 is 0. The van der Waals surface area contributed by atoms with E-state index >= 15 is 0 Å². The second kappa shape index (κ2) is 21.2. The van der Waals surface area contributed by atoms with Gasteiger partial charge in [-0.25, -0.2) is 0 Å². The van der Waals surface area contributed by atoms with Crippen molar-refractivity contribution in [2.24, 2.45) is 0 Å². The Balaban J connectivity index is 1.86. The zero-order valence-corrected chi connectivity index (χ0v) is 30.1. The monoisotopic (exact) mass is 712 g/mol. The number of carbonyl (C=O) groups excluding carboxylic acids is 4. The second-order valence-electron chi connectivity index (χ2n) is 12.9. The highest BCUT2D eigenvalue weighted by Gasteiger charge is 2.30. The minimum atomic E-state index is -1.11. The van der Waals surface area contributed by atoms with E-state index in [0.717, 1.165) is 5.56 Å². The number of phenolic OH excluding ortho intramolecular Hbond substituents is 2. The van der Waals surface area contributed by atoms with Gasteiger partial charge in [0.05, 0.1) is 24.7 Å². The quantitative estimate of drug-likeness (QED) is 0.0892. The third-order valence-electron chi connectivity index (χ3n) is 9.13. The summed E-state index contributed by atoms with van der Waals surface area (Å²) in [4.78, 5) is 53.9. The zero-order chi connectivity index (χ0) is 37.3. The van der Waals surface area contributed by atoms with Gasteiger partial charge in [-0.1, -0.05) is 12.1 Å². The summed E-state index contributed by atoms with van der Waals surface area (Å²) in [7, 11) is 6.88. The lowest BCUT2D eigenvalue weighted by Crippen LogP contribution is -2.57. The fourth-order valence-corrected chi connectivity index (χ4v) is 6.01. The van der Waals surface area contributed by atoms with E-state index in [1.807, 2.05) is 0 Å². The number of aromatic hydroxyl groups is 2. The molecule has 5 atom stereocenters. The highest BCUT2D eigenvalue weighted by atomic mass is 16.3. The molecule has 3 rings (SSSR count). The summed E-state index contributed by atoms with van der Waals surface area (Å²) in [5.74, 6) is -1.76. The van der Waals surface area contributed by atoms with Gasteiger partial charge < -0.3 is 57.9 Å². The Labute approximate surface area is 300 Å². The summed E-state index contributed by atoms with van der Waals surface area (Å²) in [5, 5.41) is 54.5. The lowest BCUT2D eigenvalue weighted by Gasteiger charge is -2.25. The van der Waals surface area contributed by atoms with Crippen LogP contribution in [0.1, 0.15) is 43.2 Å². The molecule has 1 heterocycles.